The quantitative estimate of drug-likeness (QED) is 0.905. The number of anilines is 2. The Kier molecular flexibility index (Phi) is 4.66. The number of halogens is 2. The predicted molar refractivity (Wildman–Crippen MR) is 85.0 cm³/mol. The van der Waals surface area contributed by atoms with Gasteiger partial charge in [0.1, 0.15) is 0 Å². The first kappa shape index (κ1) is 14.2. The number of nitrogens with one attached hydrogen (secondary N) is 1. The fourth-order valence-corrected chi connectivity index (χ4v) is 2.27. The monoisotopic (exact) mass is 339 g/mol. The van der Waals surface area contributed by atoms with Gasteiger partial charge in [0.05, 0.1) is 22.9 Å². The molecule has 0 aliphatic heterocycles. The second-order valence-electron chi connectivity index (χ2n) is 4.38. The highest BCUT2D eigenvalue weighted by Crippen LogP contribution is 2.27. The zero-order chi connectivity index (χ0) is 13.8. The van der Waals surface area contributed by atoms with E-state index in [1.807, 2.05) is 49.3 Å². The molecule has 0 saturated heterocycles. The Labute approximate surface area is 126 Å². The number of pyridine rings is 1. The van der Waals surface area contributed by atoms with Crippen LogP contribution in [0.2, 0.25) is 5.02 Å². The summed E-state index contributed by atoms with van der Waals surface area (Å²) >= 11 is 9.59. The van der Waals surface area contributed by atoms with Crippen LogP contribution in [0.15, 0.2) is 41.0 Å². The van der Waals surface area contributed by atoms with Crippen molar-refractivity contribution in [3.05, 3.63) is 51.7 Å². The van der Waals surface area contributed by atoms with E-state index in [0.29, 0.717) is 6.54 Å². The summed E-state index contributed by atoms with van der Waals surface area (Å²) in [7, 11) is 3.94. The average molecular weight is 341 g/mol. The summed E-state index contributed by atoms with van der Waals surface area (Å²) in [6, 6.07) is 9.90. The molecular formula is C14H15BrClN3. The zero-order valence-corrected chi connectivity index (χ0v) is 13.2. The van der Waals surface area contributed by atoms with Crippen LogP contribution in [0.1, 0.15) is 5.69 Å². The van der Waals surface area contributed by atoms with Gasteiger partial charge in [-0.15, -0.1) is 0 Å². The molecule has 1 heterocycles. The van der Waals surface area contributed by atoms with Crippen LogP contribution in [0.3, 0.4) is 0 Å². The van der Waals surface area contributed by atoms with Crippen molar-refractivity contribution in [2.75, 3.05) is 24.3 Å². The topological polar surface area (TPSA) is 28.2 Å². The first-order chi connectivity index (χ1) is 9.06. The summed E-state index contributed by atoms with van der Waals surface area (Å²) in [5.74, 6) is 0. The molecule has 0 bridgehead atoms. The first-order valence-corrected chi connectivity index (χ1v) is 7.04. The summed E-state index contributed by atoms with van der Waals surface area (Å²) in [5, 5.41) is 4.04. The van der Waals surface area contributed by atoms with Gasteiger partial charge in [-0.1, -0.05) is 11.6 Å². The highest BCUT2D eigenvalue weighted by molar-refractivity contribution is 9.10. The molecule has 0 unspecified atom stereocenters. The van der Waals surface area contributed by atoms with Crippen molar-refractivity contribution in [3.63, 3.8) is 0 Å². The van der Waals surface area contributed by atoms with Crippen molar-refractivity contribution in [2.45, 2.75) is 6.54 Å². The van der Waals surface area contributed by atoms with E-state index < -0.39 is 0 Å². The van der Waals surface area contributed by atoms with E-state index >= 15 is 0 Å². The number of benzene rings is 1. The van der Waals surface area contributed by atoms with E-state index in [1.165, 1.54) is 0 Å². The second-order valence-corrected chi connectivity index (χ2v) is 5.70. The first-order valence-electron chi connectivity index (χ1n) is 5.87. The molecule has 1 aromatic carbocycles. The van der Waals surface area contributed by atoms with Crippen molar-refractivity contribution in [2.24, 2.45) is 0 Å². The maximum absolute atomic E-state index is 6.22. The Balaban J connectivity index is 2.04. The summed E-state index contributed by atoms with van der Waals surface area (Å²) in [6.07, 6.45) is 1.79. The van der Waals surface area contributed by atoms with E-state index in [1.54, 1.807) is 6.20 Å². The molecular weight excluding hydrogens is 326 g/mol. The Bertz CT molecular complexity index is 555. The third-order valence-electron chi connectivity index (χ3n) is 2.69. The Morgan fingerprint density at radius 1 is 1.26 bits per heavy atom. The standard InChI is InChI=1S/C14H15BrClN3/c1-19(2)14-6-5-11(7-13(14)16)18-9-12-4-3-10(15)8-17-12/h3-8,18H,9H2,1-2H3. The van der Waals surface area contributed by atoms with Gasteiger partial charge in [-0.3, -0.25) is 4.98 Å². The van der Waals surface area contributed by atoms with Crippen LogP contribution >= 0.6 is 27.5 Å². The van der Waals surface area contributed by atoms with E-state index in [4.69, 9.17) is 11.6 Å². The van der Waals surface area contributed by atoms with Crippen LogP contribution in [0.4, 0.5) is 11.4 Å². The molecule has 0 radical (unpaired) electrons. The Morgan fingerprint density at radius 2 is 2.05 bits per heavy atom. The van der Waals surface area contributed by atoms with Gasteiger partial charge in [0.15, 0.2) is 0 Å². The van der Waals surface area contributed by atoms with E-state index in [2.05, 4.69) is 26.2 Å². The lowest BCUT2D eigenvalue weighted by Crippen LogP contribution is -2.09. The maximum Gasteiger partial charge on any atom is 0.0659 e. The largest absolute Gasteiger partial charge is 0.379 e. The molecule has 0 saturated carbocycles. The number of aromatic nitrogens is 1. The summed E-state index contributed by atoms with van der Waals surface area (Å²) < 4.78 is 0.981. The highest BCUT2D eigenvalue weighted by atomic mass is 79.9. The van der Waals surface area contributed by atoms with Crippen LogP contribution in [0, 0.1) is 0 Å². The van der Waals surface area contributed by atoms with Crippen LogP contribution in [-0.2, 0) is 6.54 Å². The van der Waals surface area contributed by atoms with E-state index in [0.717, 1.165) is 26.6 Å². The highest BCUT2D eigenvalue weighted by Gasteiger charge is 2.03. The molecule has 3 nitrogen and oxygen atoms in total. The molecule has 0 amide bonds. The molecule has 2 rings (SSSR count). The molecule has 0 aliphatic rings. The molecule has 19 heavy (non-hydrogen) atoms. The lowest BCUT2D eigenvalue weighted by Gasteiger charge is -2.15. The van der Waals surface area contributed by atoms with Gasteiger partial charge in [-0.05, 0) is 46.3 Å². The number of rotatable bonds is 4. The summed E-state index contributed by atoms with van der Waals surface area (Å²) in [6.45, 7) is 0.672. The minimum Gasteiger partial charge on any atom is -0.379 e. The molecule has 2 aromatic rings. The Morgan fingerprint density at radius 3 is 2.63 bits per heavy atom. The summed E-state index contributed by atoms with van der Waals surface area (Å²) in [4.78, 5) is 6.30. The molecule has 0 spiro atoms. The summed E-state index contributed by atoms with van der Waals surface area (Å²) in [5.41, 5.74) is 2.98. The van der Waals surface area contributed by atoms with Crippen LogP contribution < -0.4 is 10.2 Å². The van der Waals surface area contributed by atoms with E-state index in [-0.39, 0.29) is 0 Å². The van der Waals surface area contributed by atoms with Gasteiger partial charge < -0.3 is 10.2 Å². The fourth-order valence-electron chi connectivity index (χ4n) is 1.68. The van der Waals surface area contributed by atoms with Crippen LogP contribution in [0.25, 0.3) is 0 Å². The smallest absolute Gasteiger partial charge is 0.0659 e. The third kappa shape index (κ3) is 3.85. The van der Waals surface area contributed by atoms with Gasteiger partial charge >= 0.3 is 0 Å². The predicted octanol–water partition coefficient (Wildman–Crippen LogP) is 4.18. The molecule has 1 aromatic heterocycles. The number of hydrogen-bond donors (Lipinski definition) is 1. The second kappa shape index (κ2) is 6.26. The van der Waals surface area contributed by atoms with Crippen LogP contribution in [0.5, 0.6) is 0 Å². The van der Waals surface area contributed by atoms with E-state index in [9.17, 15) is 0 Å². The van der Waals surface area contributed by atoms with Crippen molar-refractivity contribution in [3.8, 4) is 0 Å². The maximum atomic E-state index is 6.22. The van der Waals surface area contributed by atoms with Gasteiger partial charge in [-0.2, -0.15) is 0 Å². The SMILES string of the molecule is CN(C)c1ccc(NCc2ccc(Br)cn2)cc1Cl. The fraction of sp³-hybridized carbons (Fsp3) is 0.214. The van der Waals surface area contributed by atoms with Crippen LogP contribution in [-0.4, -0.2) is 19.1 Å². The third-order valence-corrected chi connectivity index (χ3v) is 3.46. The van der Waals surface area contributed by atoms with Crippen molar-refractivity contribution < 1.29 is 0 Å². The Hall–Kier alpha value is -1.26. The van der Waals surface area contributed by atoms with Gasteiger partial charge in [0, 0.05) is 30.5 Å². The average Bonchev–Trinajstić information content (AvgIpc) is 2.37. The molecule has 0 fully saturated rings. The van der Waals surface area contributed by atoms with Crippen molar-refractivity contribution in [1.82, 2.24) is 4.98 Å². The van der Waals surface area contributed by atoms with Crippen molar-refractivity contribution in [1.29, 1.82) is 0 Å². The minimum atomic E-state index is 0.672. The van der Waals surface area contributed by atoms with Gasteiger partial charge in [0.25, 0.3) is 0 Å². The molecule has 5 heteroatoms. The molecule has 0 atom stereocenters. The lowest BCUT2D eigenvalue weighted by molar-refractivity contribution is 1.04. The molecule has 1 N–H and O–H groups in total. The normalized spacial score (nSPS) is 10.3. The number of hydrogen-bond acceptors (Lipinski definition) is 3. The molecule has 0 aliphatic carbocycles. The zero-order valence-electron chi connectivity index (χ0n) is 10.8. The minimum absolute atomic E-state index is 0.672. The van der Waals surface area contributed by atoms with Crippen molar-refractivity contribution >= 4 is 38.9 Å². The number of nitrogens with zero attached hydrogens (tertiary/aromatic N) is 2. The van der Waals surface area contributed by atoms with Gasteiger partial charge in [0.2, 0.25) is 0 Å². The lowest BCUT2D eigenvalue weighted by atomic mass is 10.2. The molecule has 100 valence electrons. The van der Waals surface area contributed by atoms with Gasteiger partial charge in [-0.25, -0.2) is 0 Å².